The number of hydrogen-bond donors (Lipinski definition) is 1. The van der Waals surface area contributed by atoms with E-state index in [0.29, 0.717) is 18.5 Å². The van der Waals surface area contributed by atoms with Gasteiger partial charge in [-0.05, 0) is 24.1 Å². The van der Waals surface area contributed by atoms with Crippen molar-refractivity contribution in [2.75, 3.05) is 18.9 Å². The van der Waals surface area contributed by atoms with Crippen molar-refractivity contribution >= 4 is 17.4 Å². The van der Waals surface area contributed by atoms with Crippen LogP contribution in [0.5, 0.6) is 0 Å². The van der Waals surface area contributed by atoms with Crippen LogP contribution in [0, 0.1) is 0 Å². The molecule has 2 aliphatic rings. The van der Waals surface area contributed by atoms with Gasteiger partial charge in [-0.2, -0.15) is 0 Å². The second-order valence-electron chi connectivity index (χ2n) is 4.85. The molecule has 1 N–H and O–H groups in total. The van der Waals surface area contributed by atoms with Crippen LogP contribution >= 0.6 is 0 Å². The Morgan fingerprint density at radius 2 is 2.25 bits per heavy atom. The molecule has 2 aliphatic heterocycles. The summed E-state index contributed by atoms with van der Waals surface area (Å²) in [6.45, 7) is 0.433. The summed E-state index contributed by atoms with van der Waals surface area (Å²) in [6.07, 6.45) is 0.601. The van der Waals surface area contributed by atoms with Crippen molar-refractivity contribution in [3.8, 4) is 0 Å². The number of amides is 1. The van der Waals surface area contributed by atoms with Crippen molar-refractivity contribution in [1.82, 2.24) is 4.90 Å². The van der Waals surface area contributed by atoms with E-state index < -0.39 is 0 Å². The second kappa shape index (κ2) is 4.86. The van der Waals surface area contributed by atoms with Crippen molar-refractivity contribution < 1.29 is 4.79 Å². The first-order chi connectivity index (χ1) is 9.74. The Bertz CT molecular complexity index is 634. The number of para-hydroxylation sites is 1. The van der Waals surface area contributed by atoms with Crippen LogP contribution in [0.2, 0.25) is 0 Å². The quantitative estimate of drug-likeness (QED) is 0.480. The van der Waals surface area contributed by atoms with E-state index >= 15 is 0 Å². The van der Waals surface area contributed by atoms with Gasteiger partial charge in [-0.3, -0.25) is 9.79 Å². The van der Waals surface area contributed by atoms with E-state index in [1.54, 1.807) is 18.0 Å². The van der Waals surface area contributed by atoms with E-state index in [2.05, 4.69) is 20.3 Å². The molecule has 2 atom stereocenters. The Balaban J connectivity index is 2.05. The molecule has 7 nitrogen and oxygen atoms in total. The molecule has 0 spiro atoms. The zero-order valence-corrected chi connectivity index (χ0v) is 11.0. The van der Waals surface area contributed by atoms with E-state index in [-0.39, 0.29) is 18.0 Å². The van der Waals surface area contributed by atoms with Crippen LogP contribution in [0.1, 0.15) is 16.8 Å². The number of anilines is 1. The highest BCUT2D eigenvalue weighted by Crippen LogP contribution is 2.30. The lowest BCUT2D eigenvalue weighted by Crippen LogP contribution is -2.40. The number of rotatable bonds is 1. The van der Waals surface area contributed by atoms with Crippen molar-refractivity contribution in [3.63, 3.8) is 0 Å². The molecule has 1 fully saturated rings. The van der Waals surface area contributed by atoms with E-state index in [1.165, 1.54) is 0 Å². The standard InChI is InChI=1S/C13H14N6O/c1-15-12-11-6-8(17-18-14)7-19(11)13(20)9-4-2-3-5-10(9)16-12/h2-5,8,11H,6-7H2,1H3,(H,15,16)/t8-,11-/m0/s1. The third kappa shape index (κ3) is 1.88. The average molecular weight is 270 g/mol. The van der Waals surface area contributed by atoms with Crippen molar-refractivity contribution in [2.45, 2.75) is 18.5 Å². The molecule has 7 heteroatoms. The minimum absolute atomic E-state index is 0.0487. The summed E-state index contributed by atoms with van der Waals surface area (Å²) >= 11 is 0. The Hall–Kier alpha value is -2.53. The number of hydrogen-bond acceptors (Lipinski definition) is 3. The molecular weight excluding hydrogens is 256 g/mol. The van der Waals surface area contributed by atoms with Gasteiger partial charge in [0.25, 0.3) is 5.91 Å². The third-order valence-electron chi connectivity index (χ3n) is 3.73. The van der Waals surface area contributed by atoms with Gasteiger partial charge in [-0.1, -0.05) is 17.2 Å². The SMILES string of the molecule is CN=C1Nc2ccccc2C(=O)N2C[C@@H](N=[N+]=[N-])C[C@@H]12. The largest absolute Gasteiger partial charge is 0.342 e. The van der Waals surface area contributed by atoms with Gasteiger partial charge in [0.1, 0.15) is 5.84 Å². The van der Waals surface area contributed by atoms with Gasteiger partial charge in [0.2, 0.25) is 0 Å². The molecule has 0 aromatic heterocycles. The van der Waals surface area contributed by atoms with E-state index in [4.69, 9.17) is 5.53 Å². The fraction of sp³-hybridized carbons (Fsp3) is 0.385. The summed E-state index contributed by atoms with van der Waals surface area (Å²) in [5, 5.41) is 6.97. The number of carbonyl (C=O) groups excluding carboxylic acids is 1. The maximum absolute atomic E-state index is 12.6. The molecule has 1 aromatic carbocycles. The third-order valence-corrected chi connectivity index (χ3v) is 3.73. The Morgan fingerprint density at radius 1 is 1.45 bits per heavy atom. The molecule has 20 heavy (non-hydrogen) atoms. The van der Waals surface area contributed by atoms with Gasteiger partial charge in [0.15, 0.2) is 0 Å². The van der Waals surface area contributed by atoms with Crippen molar-refractivity contribution in [3.05, 3.63) is 40.3 Å². The molecule has 0 aliphatic carbocycles. The number of amidine groups is 1. The van der Waals surface area contributed by atoms with Crippen molar-refractivity contribution in [2.24, 2.45) is 10.1 Å². The van der Waals surface area contributed by atoms with Gasteiger partial charge in [-0.25, -0.2) is 0 Å². The number of aliphatic imine (C=N–C) groups is 1. The molecular formula is C13H14N6O. The van der Waals surface area contributed by atoms with Crippen LogP contribution in [0.15, 0.2) is 34.4 Å². The topological polar surface area (TPSA) is 93.5 Å². The summed E-state index contributed by atoms with van der Waals surface area (Å²) in [7, 11) is 1.69. The number of fused-ring (bicyclic) bond motifs is 2. The number of nitrogens with zero attached hydrogens (tertiary/aromatic N) is 5. The zero-order valence-electron chi connectivity index (χ0n) is 11.0. The minimum Gasteiger partial charge on any atom is -0.342 e. The van der Waals surface area contributed by atoms with Gasteiger partial charge in [0, 0.05) is 18.5 Å². The number of nitrogens with one attached hydrogen (secondary N) is 1. The highest BCUT2D eigenvalue weighted by molar-refractivity contribution is 6.11. The molecule has 0 radical (unpaired) electrons. The summed E-state index contributed by atoms with van der Waals surface area (Å²) in [5.41, 5.74) is 9.97. The number of benzene rings is 1. The lowest BCUT2D eigenvalue weighted by Gasteiger charge is -2.22. The Kier molecular flexibility index (Phi) is 3.04. The fourth-order valence-corrected chi connectivity index (χ4v) is 2.81. The van der Waals surface area contributed by atoms with Crippen LogP contribution in [-0.4, -0.2) is 42.3 Å². The summed E-state index contributed by atoms with van der Waals surface area (Å²) in [6, 6.07) is 7.02. The summed E-state index contributed by atoms with van der Waals surface area (Å²) in [5.74, 6) is 0.686. The first-order valence-corrected chi connectivity index (χ1v) is 6.42. The normalized spacial score (nSPS) is 26.4. The highest BCUT2D eigenvalue weighted by Gasteiger charge is 2.40. The van der Waals surface area contributed by atoms with Gasteiger partial charge in [-0.15, -0.1) is 0 Å². The second-order valence-corrected chi connectivity index (χ2v) is 4.85. The molecule has 0 bridgehead atoms. The fourth-order valence-electron chi connectivity index (χ4n) is 2.81. The molecule has 3 rings (SSSR count). The molecule has 0 saturated carbocycles. The zero-order chi connectivity index (χ0) is 14.1. The lowest BCUT2D eigenvalue weighted by molar-refractivity contribution is 0.0771. The monoisotopic (exact) mass is 270 g/mol. The average Bonchev–Trinajstić information content (AvgIpc) is 2.84. The van der Waals surface area contributed by atoms with Gasteiger partial charge in [0.05, 0.1) is 23.3 Å². The highest BCUT2D eigenvalue weighted by atomic mass is 16.2. The van der Waals surface area contributed by atoms with Crippen LogP contribution < -0.4 is 5.32 Å². The molecule has 1 amide bonds. The number of carbonyl (C=O) groups is 1. The summed E-state index contributed by atoms with van der Waals surface area (Å²) in [4.78, 5) is 21.5. The maximum Gasteiger partial charge on any atom is 0.256 e. The van der Waals surface area contributed by atoms with Crippen molar-refractivity contribution in [1.29, 1.82) is 0 Å². The predicted octanol–water partition coefficient (Wildman–Crippen LogP) is 2.03. The Labute approximate surface area is 115 Å². The Morgan fingerprint density at radius 3 is 3.00 bits per heavy atom. The minimum atomic E-state index is -0.197. The van der Waals surface area contributed by atoms with Crippen LogP contribution in [-0.2, 0) is 0 Å². The molecule has 0 unspecified atom stereocenters. The maximum atomic E-state index is 12.6. The van der Waals surface area contributed by atoms with Gasteiger partial charge < -0.3 is 10.2 Å². The molecule has 102 valence electrons. The van der Waals surface area contributed by atoms with E-state index in [1.807, 2.05) is 18.2 Å². The summed E-state index contributed by atoms with van der Waals surface area (Å²) < 4.78 is 0. The van der Waals surface area contributed by atoms with E-state index in [9.17, 15) is 4.79 Å². The molecule has 2 heterocycles. The van der Waals surface area contributed by atoms with Crippen LogP contribution in [0.3, 0.4) is 0 Å². The number of azide groups is 1. The van der Waals surface area contributed by atoms with E-state index in [0.717, 1.165) is 11.5 Å². The van der Waals surface area contributed by atoms with Crippen LogP contribution in [0.25, 0.3) is 10.4 Å². The lowest BCUT2D eigenvalue weighted by atomic mass is 10.1. The predicted molar refractivity (Wildman–Crippen MR) is 75.8 cm³/mol. The van der Waals surface area contributed by atoms with Crippen LogP contribution in [0.4, 0.5) is 5.69 Å². The van der Waals surface area contributed by atoms with Gasteiger partial charge >= 0.3 is 0 Å². The first kappa shape index (κ1) is 12.5. The first-order valence-electron chi connectivity index (χ1n) is 6.42. The smallest absolute Gasteiger partial charge is 0.256 e. The molecule has 1 saturated heterocycles. The molecule has 1 aromatic rings.